The fourth-order valence-electron chi connectivity index (χ4n) is 5.24. The Morgan fingerprint density at radius 1 is 1.13 bits per heavy atom. The predicted octanol–water partition coefficient (Wildman–Crippen LogP) is 4.04. The molecule has 2 aliphatic carbocycles. The van der Waals surface area contributed by atoms with E-state index in [0.717, 1.165) is 39.1 Å². The Balaban J connectivity index is 1.30. The van der Waals surface area contributed by atoms with Crippen LogP contribution in [0.5, 0.6) is 0 Å². The number of carbonyl (C=O) groups is 1. The Labute approximate surface area is 181 Å². The number of likely N-dealkylation sites (tertiary alicyclic amines) is 1. The van der Waals surface area contributed by atoms with E-state index < -0.39 is 5.97 Å². The van der Waals surface area contributed by atoms with Gasteiger partial charge in [-0.05, 0) is 50.8 Å². The summed E-state index contributed by atoms with van der Waals surface area (Å²) in [4.78, 5) is 13.2. The Kier molecular flexibility index (Phi) is 7.45. The van der Waals surface area contributed by atoms with Crippen LogP contribution in [0.15, 0.2) is 30.3 Å². The maximum absolute atomic E-state index is 10.9. The first-order chi connectivity index (χ1) is 14.6. The largest absolute Gasteiger partial charge is 0.481 e. The molecule has 1 aromatic carbocycles. The van der Waals surface area contributed by atoms with E-state index in [4.69, 9.17) is 9.84 Å². The second-order valence-electron chi connectivity index (χ2n) is 9.80. The summed E-state index contributed by atoms with van der Waals surface area (Å²) in [7, 11) is 0. The Morgan fingerprint density at radius 3 is 2.57 bits per heavy atom. The van der Waals surface area contributed by atoms with Crippen molar-refractivity contribution in [1.29, 1.82) is 0 Å². The molecule has 1 aliphatic heterocycles. The van der Waals surface area contributed by atoms with Gasteiger partial charge in [0.05, 0.1) is 19.1 Å². The quantitative estimate of drug-likeness (QED) is 0.605. The molecule has 0 bridgehead atoms. The molecule has 1 heterocycles. The highest BCUT2D eigenvalue weighted by atomic mass is 16.5. The predicted molar refractivity (Wildman–Crippen MR) is 119 cm³/mol. The zero-order valence-corrected chi connectivity index (χ0v) is 18.2. The first-order valence-electron chi connectivity index (χ1n) is 12.0. The summed E-state index contributed by atoms with van der Waals surface area (Å²) in [6.45, 7) is 4.49. The zero-order chi connectivity index (χ0) is 20.8. The first kappa shape index (κ1) is 21.8. The lowest BCUT2D eigenvalue weighted by Crippen LogP contribution is -2.49. The number of nitrogens with one attached hydrogen (secondary N) is 1. The highest BCUT2D eigenvalue weighted by molar-refractivity contribution is 5.66. The van der Waals surface area contributed by atoms with Gasteiger partial charge in [0.25, 0.3) is 0 Å². The van der Waals surface area contributed by atoms with Crippen molar-refractivity contribution in [1.82, 2.24) is 10.2 Å². The molecule has 4 rings (SSSR count). The van der Waals surface area contributed by atoms with E-state index in [2.05, 4.69) is 40.5 Å². The maximum atomic E-state index is 10.9. The summed E-state index contributed by atoms with van der Waals surface area (Å²) in [6, 6.07) is 11.4. The number of carboxylic acid groups (broad SMARTS) is 1. The van der Waals surface area contributed by atoms with Crippen molar-refractivity contribution in [2.75, 3.05) is 32.8 Å². The number of carboxylic acids is 1. The van der Waals surface area contributed by atoms with Crippen LogP contribution in [0.3, 0.4) is 0 Å². The van der Waals surface area contributed by atoms with Crippen LogP contribution in [-0.4, -0.2) is 60.9 Å². The molecule has 166 valence electrons. The average Bonchev–Trinajstić information content (AvgIpc) is 3.57. The minimum atomic E-state index is -0.699. The highest BCUT2D eigenvalue weighted by Gasteiger charge is 2.41. The van der Waals surface area contributed by atoms with E-state index >= 15 is 0 Å². The topological polar surface area (TPSA) is 61.8 Å². The Morgan fingerprint density at radius 2 is 1.87 bits per heavy atom. The molecule has 0 amide bonds. The molecule has 2 saturated carbocycles. The van der Waals surface area contributed by atoms with Gasteiger partial charge in [-0.2, -0.15) is 0 Å². The summed E-state index contributed by atoms with van der Waals surface area (Å²) in [5.41, 5.74) is 1.63. The Bertz CT molecular complexity index is 666. The van der Waals surface area contributed by atoms with E-state index in [0.29, 0.717) is 24.6 Å². The number of piperidine rings is 1. The molecule has 5 heteroatoms. The summed E-state index contributed by atoms with van der Waals surface area (Å²) in [6.07, 6.45) is 10.5. The van der Waals surface area contributed by atoms with Gasteiger partial charge in [0.1, 0.15) is 0 Å². The lowest BCUT2D eigenvalue weighted by Gasteiger charge is -2.43. The van der Waals surface area contributed by atoms with Gasteiger partial charge in [0.2, 0.25) is 0 Å². The lowest BCUT2D eigenvalue weighted by atomic mass is 9.78. The number of nitrogens with zero attached hydrogens (tertiary/aromatic N) is 1. The second kappa shape index (κ2) is 10.3. The van der Waals surface area contributed by atoms with Crippen molar-refractivity contribution in [3.8, 4) is 0 Å². The van der Waals surface area contributed by atoms with Crippen molar-refractivity contribution < 1.29 is 14.6 Å². The third-order valence-corrected chi connectivity index (χ3v) is 7.49. The molecule has 0 unspecified atom stereocenters. The number of ether oxygens (including phenoxy) is 1. The summed E-state index contributed by atoms with van der Waals surface area (Å²) in [5, 5.41) is 12.9. The molecule has 0 radical (unpaired) electrons. The van der Waals surface area contributed by atoms with Crippen LogP contribution in [0.4, 0.5) is 0 Å². The van der Waals surface area contributed by atoms with Gasteiger partial charge in [-0.25, -0.2) is 0 Å². The van der Waals surface area contributed by atoms with Gasteiger partial charge in [-0.3, -0.25) is 4.79 Å². The van der Waals surface area contributed by atoms with E-state index in [9.17, 15) is 4.79 Å². The zero-order valence-electron chi connectivity index (χ0n) is 18.2. The van der Waals surface area contributed by atoms with Crippen LogP contribution in [0, 0.1) is 5.41 Å². The van der Waals surface area contributed by atoms with Crippen LogP contribution in [-0.2, 0) is 9.53 Å². The fraction of sp³-hybridized carbons (Fsp3) is 0.720. The fourth-order valence-corrected chi connectivity index (χ4v) is 5.24. The van der Waals surface area contributed by atoms with Crippen LogP contribution in [0.25, 0.3) is 0 Å². The standard InChI is InChI=1S/C25H38N2O3/c28-24(29)11-14-27-15-12-25(13-16-27,19-30-21-9-5-2-6-10-21)18-26-23-17-22(23)20-7-3-1-4-8-20/h1,3-4,7-8,21-23,26H,2,5-6,9-19H2,(H,28,29)/t22-,23+/m0/s1. The van der Waals surface area contributed by atoms with Crippen molar-refractivity contribution in [3.63, 3.8) is 0 Å². The summed E-state index contributed by atoms with van der Waals surface area (Å²) >= 11 is 0. The van der Waals surface area contributed by atoms with Crippen molar-refractivity contribution in [3.05, 3.63) is 35.9 Å². The molecule has 1 aromatic rings. The molecular formula is C25H38N2O3. The normalized spacial score (nSPS) is 27.1. The summed E-state index contributed by atoms with van der Waals surface area (Å²) < 4.78 is 6.47. The number of rotatable bonds is 10. The molecule has 2 atom stereocenters. The molecule has 0 spiro atoms. The highest BCUT2D eigenvalue weighted by Crippen LogP contribution is 2.42. The smallest absolute Gasteiger partial charge is 0.304 e. The van der Waals surface area contributed by atoms with E-state index in [-0.39, 0.29) is 11.8 Å². The minimum Gasteiger partial charge on any atom is -0.481 e. The number of benzene rings is 1. The van der Waals surface area contributed by atoms with Crippen LogP contribution < -0.4 is 5.32 Å². The van der Waals surface area contributed by atoms with Gasteiger partial charge >= 0.3 is 5.97 Å². The van der Waals surface area contributed by atoms with E-state index in [1.807, 2.05) is 0 Å². The molecule has 0 aromatic heterocycles. The van der Waals surface area contributed by atoms with Crippen LogP contribution in [0.2, 0.25) is 0 Å². The van der Waals surface area contributed by atoms with Gasteiger partial charge in [-0.15, -0.1) is 0 Å². The lowest BCUT2D eigenvalue weighted by molar-refractivity contribution is -0.137. The number of hydrogen-bond donors (Lipinski definition) is 2. The molecule has 5 nitrogen and oxygen atoms in total. The second-order valence-corrected chi connectivity index (χ2v) is 9.80. The van der Waals surface area contributed by atoms with Gasteiger partial charge in [-0.1, -0.05) is 49.6 Å². The van der Waals surface area contributed by atoms with E-state index in [1.54, 1.807) is 0 Å². The average molecular weight is 415 g/mol. The monoisotopic (exact) mass is 414 g/mol. The first-order valence-corrected chi connectivity index (χ1v) is 12.0. The van der Waals surface area contributed by atoms with Gasteiger partial charge in [0.15, 0.2) is 0 Å². The number of hydrogen-bond acceptors (Lipinski definition) is 4. The van der Waals surface area contributed by atoms with Crippen LogP contribution >= 0.6 is 0 Å². The Hall–Kier alpha value is -1.43. The third kappa shape index (κ3) is 6.05. The maximum Gasteiger partial charge on any atom is 0.304 e. The summed E-state index contributed by atoms with van der Waals surface area (Å²) in [5.74, 6) is -0.0482. The minimum absolute atomic E-state index is 0.182. The number of aliphatic carboxylic acids is 1. The van der Waals surface area contributed by atoms with Gasteiger partial charge < -0.3 is 20.1 Å². The van der Waals surface area contributed by atoms with Crippen molar-refractivity contribution >= 4 is 5.97 Å². The molecular weight excluding hydrogens is 376 g/mol. The molecule has 3 fully saturated rings. The van der Waals surface area contributed by atoms with Crippen molar-refractivity contribution in [2.45, 2.75) is 75.9 Å². The molecule has 30 heavy (non-hydrogen) atoms. The molecule has 2 N–H and O–H groups in total. The molecule has 1 saturated heterocycles. The van der Waals surface area contributed by atoms with E-state index in [1.165, 1.54) is 44.1 Å². The SMILES string of the molecule is O=C(O)CCN1CCC(CN[C@@H]2C[C@H]2c2ccccc2)(COC2CCCCC2)CC1. The molecule has 3 aliphatic rings. The van der Waals surface area contributed by atoms with Gasteiger partial charge in [0, 0.05) is 30.5 Å². The van der Waals surface area contributed by atoms with Crippen molar-refractivity contribution in [2.24, 2.45) is 5.41 Å². The van der Waals surface area contributed by atoms with Crippen LogP contribution in [0.1, 0.15) is 69.3 Å². The third-order valence-electron chi connectivity index (χ3n) is 7.49.